The summed E-state index contributed by atoms with van der Waals surface area (Å²) in [6.45, 7) is -3.24. The van der Waals surface area contributed by atoms with Crippen LogP contribution in [0.2, 0.25) is 0 Å². The zero-order chi connectivity index (χ0) is 58.1. The average molecular weight is 1140 g/mol. The SMILES string of the molecule is CC(=O)N[C@H]1[C@H](O[C@@H]2[C@H](O)[C@@H](O)[C@H](O[C@H]3[C@H](O)[C@@H](O)[C@H](OC[C@@H](CO)NC=O)O[C@@H]3CO)O[C@@H]2CO)O[C@H](CO)[C@H](O)[C@@H]1O[C@@H]1O[C@H](CO)[C@H](O)[C@H](O[C@]2(C(=O)O)C[C@H](O)[C@@H](NC(C)=O)[C@H]([C@H](O)[C@H](O)COC(C)=O)O2)[C@H]1O. The molecule has 0 aliphatic carbocycles. The first-order chi connectivity index (χ1) is 36.8. The van der Waals surface area contributed by atoms with E-state index in [4.69, 9.17) is 52.1 Å². The molecule has 5 rings (SSSR count). The van der Waals surface area contributed by atoms with Gasteiger partial charge < -0.3 is 150 Å². The van der Waals surface area contributed by atoms with Crippen LogP contribution in [0.15, 0.2) is 0 Å². The highest BCUT2D eigenvalue weighted by Gasteiger charge is 2.61. The summed E-state index contributed by atoms with van der Waals surface area (Å²) in [4.78, 5) is 60.3. The summed E-state index contributed by atoms with van der Waals surface area (Å²) in [5.41, 5.74) is 0. The lowest BCUT2D eigenvalue weighted by molar-refractivity contribution is -0.389. The van der Waals surface area contributed by atoms with E-state index in [1.165, 1.54) is 0 Å². The van der Waals surface area contributed by atoms with Crippen molar-refractivity contribution in [2.45, 2.75) is 192 Å². The number of nitrogens with one attached hydrogen (secondary N) is 3. The van der Waals surface area contributed by atoms with Gasteiger partial charge in [0.05, 0.1) is 57.8 Å². The summed E-state index contributed by atoms with van der Waals surface area (Å²) in [6.07, 6.45) is -47.5. The molecule has 0 radical (unpaired) electrons. The molecule has 5 saturated heterocycles. The highest BCUT2D eigenvalue weighted by atomic mass is 16.8. The number of esters is 1. The van der Waals surface area contributed by atoms with Crippen LogP contribution in [0, 0.1) is 0 Å². The number of aliphatic hydroxyl groups is 15. The quantitative estimate of drug-likeness (QED) is 0.0298. The van der Waals surface area contributed by atoms with Gasteiger partial charge in [-0.1, -0.05) is 0 Å². The first-order valence-electron chi connectivity index (χ1n) is 24.3. The number of rotatable bonds is 25. The van der Waals surface area contributed by atoms with Crippen LogP contribution in [0.25, 0.3) is 0 Å². The lowest BCUT2D eigenvalue weighted by Crippen LogP contribution is -2.71. The number of amides is 3. The first kappa shape index (κ1) is 65.2. The number of carbonyl (C=O) groups is 5. The van der Waals surface area contributed by atoms with Crippen LogP contribution in [0.4, 0.5) is 0 Å². The minimum absolute atomic E-state index is 0.271. The average Bonchev–Trinajstić information content (AvgIpc) is 3.43. The van der Waals surface area contributed by atoms with Crippen LogP contribution in [-0.2, 0) is 76.1 Å². The van der Waals surface area contributed by atoms with Crippen molar-refractivity contribution < 1.29 is 158 Å². The molecule has 0 unspecified atom stereocenters. The van der Waals surface area contributed by atoms with E-state index in [2.05, 4.69) is 16.0 Å². The number of ether oxygens (including phenoxy) is 11. The Hall–Kier alpha value is -3.65. The van der Waals surface area contributed by atoms with Crippen molar-refractivity contribution in [1.29, 1.82) is 0 Å². The molecule has 0 aromatic rings. The summed E-state index contributed by atoms with van der Waals surface area (Å²) in [6, 6.07) is -4.52. The minimum Gasteiger partial charge on any atom is -0.477 e. The first-order valence-corrected chi connectivity index (χ1v) is 24.3. The molecule has 3 amide bonds. The predicted molar refractivity (Wildman–Crippen MR) is 240 cm³/mol. The third-order valence-corrected chi connectivity index (χ3v) is 13.3. The molecular weight excluding hydrogens is 1070 g/mol. The molecule has 19 N–H and O–H groups in total. The van der Waals surface area contributed by atoms with Gasteiger partial charge in [-0.2, -0.15) is 0 Å². The number of aliphatic carboxylic acids is 1. The summed E-state index contributed by atoms with van der Waals surface area (Å²) in [5.74, 6) is -8.00. The van der Waals surface area contributed by atoms with Crippen LogP contribution < -0.4 is 16.0 Å². The van der Waals surface area contributed by atoms with Crippen molar-refractivity contribution in [2.24, 2.45) is 0 Å². The van der Waals surface area contributed by atoms with Crippen molar-refractivity contribution in [3.05, 3.63) is 0 Å². The number of carboxylic acids is 1. The summed E-state index contributed by atoms with van der Waals surface area (Å²) < 4.78 is 61.8. The summed E-state index contributed by atoms with van der Waals surface area (Å²) in [5, 5.41) is 181. The van der Waals surface area contributed by atoms with Gasteiger partial charge in [0.2, 0.25) is 18.2 Å². The van der Waals surface area contributed by atoms with Gasteiger partial charge in [-0.15, -0.1) is 0 Å². The fourth-order valence-electron chi connectivity index (χ4n) is 9.32. The van der Waals surface area contributed by atoms with E-state index in [0.717, 1.165) is 20.8 Å². The van der Waals surface area contributed by atoms with Crippen molar-refractivity contribution >= 4 is 30.2 Å². The zero-order valence-corrected chi connectivity index (χ0v) is 41.9. The molecule has 0 aromatic carbocycles. The van der Waals surface area contributed by atoms with E-state index in [0.29, 0.717) is 0 Å². The van der Waals surface area contributed by atoms with Crippen LogP contribution in [0.1, 0.15) is 27.2 Å². The molecule has 0 bridgehead atoms. The van der Waals surface area contributed by atoms with Gasteiger partial charge in [-0.05, 0) is 0 Å². The number of aliphatic hydroxyl groups excluding tert-OH is 15. The normalized spacial score (nSPS) is 42.4. The second-order valence-electron chi connectivity index (χ2n) is 18.9. The highest BCUT2D eigenvalue weighted by molar-refractivity contribution is 5.77. The molecule has 27 atom stereocenters. The lowest BCUT2D eigenvalue weighted by atomic mass is 9.88. The molecule has 35 heteroatoms. The minimum atomic E-state index is -3.24. The van der Waals surface area contributed by atoms with Crippen LogP contribution >= 0.6 is 0 Å². The van der Waals surface area contributed by atoms with Gasteiger partial charge in [0, 0.05) is 27.2 Å². The molecule has 5 fully saturated rings. The van der Waals surface area contributed by atoms with E-state index >= 15 is 0 Å². The Labute approximate surface area is 441 Å². The maximum Gasteiger partial charge on any atom is 0.364 e. The van der Waals surface area contributed by atoms with Gasteiger partial charge in [0.25, 0.3) is 5.79 Å². The van der Waals surface area contributed by atoms with Gasteiger partial charge in [0.15, 0.2) is 25.2 Å². The third-order valence-electron chi connectivity index (χ3n) is 13.3. The smallest absolute Gasteiger partial charge is 0.364 e. The Kier molecular flexibility index (Phi) is 24.1. The predicted octanol–water partition coefficient (Wildman–Crippen LogP) is -12.7. The van der Waals surface area contributed by atoms with Crippen molar-refractivity contribution in [3.8, 4) is 0 Å². The molecule has 0 saturated carbocycles. The van der Waals surface area contributed by atoms with Gasteiger partial charge in [0.1, 0.15) is 123 Å². The molecule has 0 spiro atoms. The Morgan fingerprint density at radius 1 is 0.603 bits per heavy atom. The maximum atomic E-state index is 13.1. The Balaban J connectivity index is 1.39. The maximum absolute atomic E-state index is 13.1. The second kappa shape index (κ2) is 28.9. The van der Waals surface area contributed by atoms with Crippen LogP contribution in [-0.4, -0.2) is 323 Å². The van der Waals surface area contributed by atoms with Crippen molar-refractivity contribution in [1.82, 2.24) is 16.0 Å². The van der Waals surface area contributed by atoms with Crippen molar-refractivity contribution in [3.63, 3.8) is 0 Å². The molecule has 35 nitrogen and oxygen atoms in total. The number of carbonyl (C=O) groups excluding carboxylic acids is 4. The standard InChI is InChI=1S/C43H71N3O32/c1-13(53)45-23-17(56)4-43(42(66)67,77-36(23)25(58)18(57)11-68-15(3)55)78-37-27(60)20(7-49)71-41(32(37)65)76-35-24(46-14(2)54)38(70-19(6-48)26(35)59)74-33-22(9-51)73-40(31(64)29(33)62)75-34-21(8-50)72-39(30(63)28(34)61)69-10-16(5-47)44-12-52/h12,16-41,47-51,56-65H,4-11H2,1-3H3,(H,44,52)(H,45,53)(H,46,54)(H,66,67)/t16-,17+,18-,19-,20-,21-,22-,23-,24-,25-,26+,27+,28-,29-,30-,31-,32-,33+,34-,35-,36-,37+,38+,39-,40+,41+,43+/m1/s1. The van der Waals surface area contributed by atoms with Gasteiger partial charge >= 0.3 is 11.9 Å². The van der Waals surface area contributed by atoms with Crippen molar-refractivity contribution in [2.75, 3.05) is 46.2 Å². The highest BCUT2D eigenvalue weighted by Crippen LogP contribution is 2.39. The fourth-order valence-corrected chi connectivity index (χ4v) is 9.32. The summed E-state index contributed by atoms with van der Waals surface area (Å²) >= 11 is 0. The van der Waals surface area contributed by atoms with Crippen LogP contribution in [0.3, 0.4) is 0 Å². The zero-order valence-electron chi connectivity index (χ0n) is 41.9. The van der Waals surface area contributed by atoms with E-state index in [1.807, 2.05) is 0 Å². The molecule has 5 aliphatic rings. The molecule has 5 aliphatic heterocycles. The van der Waals surface area contributed by atoms with E-state index in [9.17, 15) is 106 Å². The number of hydrogen-bond donors (Lipinski definition) is 19. The Morgan fingerprint density at radius 2 is 1.08 bits per heavy atom. The molecule has 0 aromatic heterocycles. The second-order valence-corrected chi connectivity index (χ2v) is 18.9. The van der Waals surface area contributed by atoms with Crippen LogP contribution in [0.5, 0.6) is 0 Å². The monoisotopic (exact) mass is 1140 g/mol. The summed E-state index contributed by atoms with van der Waals surface area (Å²) in [7, 11) is 0. The molecule has 78 heavy (non-hydrogen) atoms. The largest absolute Gasteiger partial charge is 0.477 e. The molecule has 5 heterocycles. The third kappa shape index (κ3) is 15.1. The number of hydrogen-bond acceptors (Lipinski definition) is 31. The lowest BCUT2D eigenvalue weighted by Gasteiger charge is -2.51. The Morgan fingerprint density at radius 3 is 1.59 bits per heavy atom. The molecule has 450 valence electrons. The fraction of sp³-hybridized carbons (Fsp3) is 0.884. The Bertz CT molecular complexity index is 1950. The van der Waals surface area contributed by atoms with Gasteiger partial charge in [-0.3, -0.25) is 19.2 Å². The van der Waals surface area contributed by atoms with E-state index in [1.54, 1.807) is 0 Å². The number of carboxylic acid groups (broad SMARTS) is 1. The molecular formula is C43H71N3O32. The van der Waals surface area contributed by atoms with E-state index < -0.39 is 241 Å². The topological polar surface area (TPSA) is 547 Å². The van der Waals surface area contributed by atoms with E-state index in [-0.39, 0.29) is 6.41 Å². The van der Waals surface area contributed by atoms with Gasteiger partial charge in [-0.25, -0.2) is 4.79 Å².